The van der Waals surface area contributed by atoms with Crippen LogP contribution >= 0.6 is 11.6 Å². The second kappa shape index (κ2) is 4.59. The number of anilines is 1. The molecular weight excluding hydrogens is 263 g/mol. The second-order valence-electron chi connectivity index (χ2n) is 4.50. The van der Waals surface area contributed by atoms with E-state index >= 15 is 0 Å². The van der Waals surface area contributed by atoms with Crippen LogP contribution in [0.5, 0.6) is 0 Å². The van der Waals surface area contributed by atoms with Gasteiger partial charge in [-0.3, -0.25) is 0 Å². The van der Waals surface area contributed by atoms with E-state index in [0.29, 0.717) is 22.8 Å². The first-order chi connectivity index (χ1) is 9.13. The predicted octanol–water partition coefficient (Wildman–Crippen LogP) is 4.06. The lowest BCUT2D eigenvalue weighted by Gasteiger charge is -2.08. The molecule has 0 amide bonds. The molecule has 0 fully saturated rings. The Labute approximate surface area is 115 Å². The molecule has 3 aromatic rings. The summed E-state index contributed by atoms with van der Waals surface area (Å²) in [6, 6.07) is 12.3. The first-order valence-electron chi connectivity index (χ1n) is 5.92. The van der Waals surface area contributed by atoms with Crippen LogP contribution in [0.1, 0.15) is 5.56 Å². The van der Waals surface area contributed by atoms with E-state index in [4.69, 9.17) is 17.3 Å². The molecule has 0 unspecified atom stereocenters. The van der Waals surface area contributed by atoms with Gasteiger partial charge in [0.15, 0.2) is 0 Å². The number of nitrogens with zero attached hydrogens (tertiary/aromatic N) is 1. The number of rotatable bonds is 2. The maximum atomic E-state index is 13.7. The Balaban J connectivity index is 2.05. The molecule has 2 nitrogen and oxygen atoms in total. The van der Waals surface area contributed by atoms with E-state index < -0.39 is 0 Å². The largest absolute Gasteiger partial charge is 0.399 e. The highest BCUT2D eigenvalue weighted by atomic mass is 35.5. The standard InChI is InChI=1S/C15H12ClFN2/c16-12-2-4-14(17)11(7-12)9-19-6-5-10-1-3-13(18)8-15(10)19/h1-8H,9,18H2. The van der Waals surface area contributed by atoms with E-state index in [-0.39, 0.29) is 5.82 Å². The molecule has 3 rings (SSSR count). The maximum Gasteiger partial charge on any atom is 0.128 e. The number of aromatic nitrogens is 1. The first kappa shape index (κ1) is 12.1. The van der Waals surface area contributed by atoms with Crippen LogP contribution in [0.15, 0.2) is 48.7 Å². The molecule has 19 heavy (non-hydrogen) atoms. The highest BCUT2D eigenvalue weighted by Crippen LogP contribution is 2.22. The third-order valence-electron chi connectivity index (χ3n) is 3.15. The molecule has 0 aliphatic heterocycles. The lowest BCUT2D eigenvalue weighted by Crippen LogP contribution is -2.00. The molecular formula is C15H12ClFN2. The molecule has 0 saturated heterocycles. The summed E-state index contributed by atoms with van der Waals surface area (Å²) in [7, 11) is 0. The zero-order chi connectivity index (χ0) is 13.4. The molecule has 0 bridgehead atoms. The van der Waals surface area contributed by atoms with E-state index in [1.807, 2.05) is 35.0 Å². The Morgan fingerprint density at radius 1 is 1.11 bits per heavy atom. The van der Waals surface area contributed by atoms with Crippen LogP contribution < -0.4 is 5.73 Å². The van der Waals surface area contributed by atoms with Crippen LogP contribution in [0.4, 0.5) is 10.1 Å². The summed E-state index contributed by atoms with van der Waals surface area (Å²) in [5, 5.41) is 1.61. The Hall–Kier alpha value is -2.00. The predicted molar refractivity (Wildman–Crippen MR) is 76.9 cm³/mol. The van der Waals surface area contributed by atoms with Crippen molar-refractivity contribution >= 4 is 28.2 Å². The van der Waals surface area contributed by atoms with Crippen LogP contribution in [0.2, 0.25) is 5.02 Å². The van der Waals surface area contributed by atoms with Gasteiger partial charge in [-0.15, -0.1) is 0 Å². The third kappa shape index (κ3) is 2.29. The SMILES string of the molecule is Nc1ccc2ccn(Cc3cc(Cl)ccc3F)c2c1. The Morgan fingerprint density at radius 2 is 1.95 bits per heavy atom. The zero-order valence-electron chi connectivity index (χ0n) is 10.1. The molecule has 0 spiro atoms. The maximum absolute atomic E-state index is 13.7. The summed E-state index contributed by atoms with van der Waals surface area (Å²) >= 11 is 5.90. The number of nitrogen functional groups attached to an aromatic ring is 1. The number of halogens is 2. The fourth-order valence-electron chi connectivity index (χ4n) is 2.19. The quantitative estimate of drug-likeness (QED) is 0.702. The van der Waals surface area contributed by atoms with Crippen molar-refractivity contribution in [1.29, 1.82) is 0 Å². The van der Waals surface area contributed by atoms with Crippen molar-refractivity contribution in [2.75, 3.05) is 5.73 Å². The summed E-state index contributed by atoms with van der Waals surface area (Å²) in [4.78, 5) is 0. The van der Waals surface area contributed by atoms with E-state index in [9.17, 15) is 4.39 Å². The van der Waals surface area contributed by atoms with E-state index in [1.54, 1.807) is 12.1 Å². The monoisotopic (exact) mass is 274 g/mol. The van der Waals surface area contributed by atoms with Crippen LogP contribution in [-0.4, -0.2) is 4.57 Å². The highest BCUT2D eigenvalue weighted by molar-refractivity contribution is 6.30. The zero-order valence-corrected chi connectivity index (χ0v) is 10.9. The Morgan fingerprint density at radius 3 is 2.79 bits per heavy atom. The average molecular weight is 275 g/mol. The molecule has 1 aromatic heterocycles. The van der Waals surface area contributed by atoms with Gasteiger partial charge in [0.25, 0.3) is 0 Å². The van der Waals surface area contributed by atoms with Crippen molar-refractivity contribution < 1.29 is 4.39 Å². The van der Waals surface area contributed by atoms with Gasteiger partial charge < -0.3 is 10.3 Å². The summed E-state index contributed by atoms with van der Waals surface area (Å²) in [5.41, 5.74) is 8.03. The highest BCUT2D eigenvalue weighted by Gasteiger charge is 2.07. The van der Waals surface area contributed by atoms with E-state index in [0.717, 1.165) is 10.9 Å². The Bertz CT molecular complexity index is 749. The minimum atomic E-state index is -0.254. The third-order valence-corrected chi connectivity index (χ3v) is 3.38. The number of hydrogen-bond acceptors (Lipinski definition) is 1. The van der Waals surface area contributed by atoms with Gasteiger partial charge in [-0.1, -0.05) is 17.7 Å². The van der Waals surface area contributed by atoms with Crippen molar-refractivity contribution in [2.24, 2.45) is 0 Å². The van der Waals surface area contributed by atoms with Crippen LogP contribution in [-0.2, 0) is 6.54 Å². The molecule has 4 heteroatoms. The molecule has 0 saturated carbocycles. The molecule has 96 valence electrons. The first-order valence-corrected chi connectivity index (χ1v) is 6.29. The van der Waals surface area contributed by atoms with E-state index in [1.165, 1.54) is 6.07 Å². The van der Waals surface area contributed by atoms with Gasteiger partial charge in [-0.05, 0) is 41.8 Å². The summed E-state index contributed by atoms with van der Waals surface area (Å²) in [6.07, 6.45) is 1.92. The van der Waals surface area contributed by atoms with Crippen LogP contribution in [0.25, 0.3) is 10.9 Å². The molecule has 2 N–H and O–H groups in total. The van der Waals surface area contributed by atoms with Gasteiger partial charge in [0.05, 0.1) is 12.1 Å². The molecule has 0 atom stereocenters. The number of fused-ring (bicyclic) bond motifs is 1. The van der Waals surface area contributed by atoms with Crippen molar-refractivity contribution in [1.82, 2.24) is 4.57 Å². The number of hydrogen-bond donors (Lipinski definition) is 1. The molecule has 2 aromatic carbocycles. The van der Waals surface area contributed by atoms with Gasteiger partial charge in [0, 0.05) is 22.5 Å². The van der Waals surface area contributed by atoms with Gasteiger partial charge in [-0.2, -0.15) is 0 Å². The lowest BCUT2D eigenvalue weighted by molar-refractivity contribution is 0.602. The minimum absolute atomic E-state index is 0.254. The normalized spacial score (nSPS) is 11.1. The molecule has 0 radical (unpaired) electrons. The van der Waals surface area contributed by atoms with Gasteiger partial charge >= 0.3 is 0 Å². The molecule has 0 aliphatic carbocycles. The van der Waals surface area contributed by atoms with Gasteiger partial charge in [0.2, 0.25) is 0 Å². The van der Waals surface area contributed by atoms with Crippen molar-refractivity contribution in [2.45, 2.75) is 6.54 Å². The summed E-state index contributed by atoms with van der Waals surface area (Å²) in [5.74, 6) is -0.254. The van der Waals surface area contributed by atoms with Crippen LogP contribution in [0, 0.1) is 5.82 Å². The smallest absolute Gasteiger partial charge is 0.128 e. The average Bonchev–Trinajstić information content (AvgIpc) is 2.77. The lowest BCUT2D eigenvalue weighted by atomic mass is 10.2. The Kier molecular flexibility index (Phi) is 2.91. The fraction of sp³-hybridized carbons (Fsp3) is 0.0667. The summed E-state index contributed by atoms with van der Waals surface area (Å²) in [6.45, 7) is 0.430. The molecule has 1 heterocycles. The topological polar surface area (TPSA) is 30.9 Å². The molecule has 0 aliphatic rings. The van der Waals surface area contributed by atoms with Gasteiger partial charge in [0.1, 0.15) is 5.82 Å². The summed E-state index contributed by atoms with van der Waals surface area (Å²) < 4.78 is 15.7. The van der Waals surface area contributed by atoms with Crippen molar-refractivity contribution in [3.05, 3.63) is 65.1 Å². The van der Waals surface area contributed by atoms with Crippen molar-refractivity contribution in [3.8, 4) is 0 Å². The van der Waals surface area contributed by atoms with Crippen molar-refractivity contribution in [3.63, 3.8) is 0 Å². The van der Waals surface area contributed by atoms with Gasteiger partial charge in [-0.25, -0.2) is 4.39 Å². The van der Waals surface area contributed by atoms with Crippen LogP contribution in [0.3, 0.4) is 0 Å². The number of benzene rings is 2. The number of nitrogens with two attached hydrogens (primary N) is 1. The fourth-order valence-corrected chi connectivity index (χ4v) is 2.38. The minimum Gasteiger partial charge on any atom is -0.399 e. The van der Waals surface area contributed by atoms with E-state index in [2.05, 4.69) is 0 Å². The second-order valence-corrected chi connectivity index (χ2v) is 4.93.